The van der Waals surface area contributed by atoms with Gasteiger partial charge in [-0.25, -0.2) is 4.98 Å². The van der Waals surface area contributed by atoms with Crippen LogP contribution in [0.25, 0.3) is 83.0 Å². The molecule has 51 heavy (non-hydrogen) atoms. The van der Waals surface area contributed by atoms with Gasteiger partial charge in [-0.3, -0.25) is 4.57 Å². The number of hydrogen-bond donors (Lipinski definition) is 0. The van der Waals surface area contributed by atoms with Crippen LogP contribution in [0.3, 0.4) is 0 Å². The normalized spacial score (nSPS) is 11.3. The largest absolute Gasteiger partial charge is 0.493 e. The molecule has 4 nitrogen and oxygen atoms in total. The predicted octanol–water partition coefficient (Wildman–Crippen LogP) is 12.0. The van der Waals surface area contributed by atoms with Crippen molar-refractivity contribution in [1.82, 2.24) is 9.55 Å². The number of benzene rings is 8. The molecule has 0 spiro atoms. The van der Waals surface area contributed by atoms with Crippen LogP contribution in [-0.2, 0) is 0 Å². The summed E-state index contributed by atoms with van der Waals surface area (Å²) < 4.78 is 13.7. The summed E-state index contributed by atoms with van der Waals surface area (Å²) in [5.41, 5.74) is 11.0. The fraction of sp³-hybridized carbons (Fsp3) is 0.0426. The Hall–Kier alpha value is -6.65. The SMILES string of the molecule is COc1ccc(-c2nc3c4cc(-c5ccccc5)ccc4c4ccc(-c5ccc(-c6ccccc6)cc5)cc4c3n2-c2ccccc2)cc1OC. The van der Waals surface area contributed by atoms with Gasteiger partial charge >= 0.3 is 0 Å². The molecule has 0 saturated heterocycles. The Balaban J connectivity index is 1.36. The zero-order chi connectivity index (χ0) is 34.3. The van der Waals surface area contributed by atoms with Crippen LogP contribution in [0.5, 0.6) is 11.5 Å². The molecule has 8 aromatic carbocycles. The Morgan fingerprint density at radius 1 is 0.392 bits per heavy atom. The van der Waals surface area contributed by atoms with Crippen molar-refractivity contribution in [3.63, 3.8) is 0 Å². The smallest absolute Gasteiger partial charge is 0.161 e. The monoisotopic (exact) mass is 658 g/mol. The van der Waals surface area contributed by atoms with Crippen molar-refractivity contribution >= 4 is 32.6 Å². The van der Waals surface area contributed by atoms with Crippen molar-refractivity contribution in [2.75, 3.05) is 14.2 Å². The van der Waals surface area contributed by atoms with Gasteiger partial charge in [0.15, 0.2) is 11.5 Å². The fourth-order valence-corrected chi connectivity index (χ4v) is 7.28. The molecule has 0 amide bonds. The molecule has 0 aliphatic heterocycles. The zero-order valence-corrected chi connectivity index (χ0v) is 28.4. The minimum absolute atomic E-state index is 0.656. The van der Waals surface area contributed by atoms with E-state index in [1.807, 2.05) is 12.1 Å². The van der Waals surface area contributed by atoms with Crippen molar-refractivity contribution in [3.8, 4) is 62.0 Å². The molecule has 0 aliphatic carbocycles. The third-order valence-electron chi connectivity index (χ3n) is 9.81. The highest BCUT2D eigenvalue weighted by Crippen LogP contribution is 2.43. The molecule has 0 fully saturated rings. The highest BCUT2D eigenvalue weighted by atomic mass is 16.5. The lowest BCUT2D eigenvalue weighted by Gasteiger charge is -2.15. The number of ether oxygens (including phenoxy) is 2. The number of methoxy groups -OCH3 is 2. The minimum Gasteiger partial charge on any atom is -0.493 e. The number of aromatic nitrogens is 2. The lowest BCUT2D eigenvalue weighted by molar-refractivity contribution is 0.355. The zero-order valence-electron chi connectivity index (χ0n) is 28.4. The molecule has 244 valence electrons. The number of imidazole rings is 1. The summed E-state index contributed by atoms with van der Waals surface area (Å²) >= 11 is 0. The fourth-order valence-electron chi connectivity index (χ4n) is 7.28. The minimum atomic E-state index is 0.656. The summed E-state index contributed by atoms with van der Waals surface area (Å²) in [5, 5.41) is 4.59. The Labute approximate surface area is 296 Å². The molecule has 0 unspecified atom stereocenters. The lowest BCUT2D eigenvalue weighted by Crippen LogP contribution is -1.99. The highest BCUT2D eigenvalue weighted by molar-refractivity contribution is 6.25. The van der Waals surface area contributed by atoms with E-state index in [-0.39, 0.29) is 0 Å². The van der Waals surface area contributed by atoms with Gasteiger partial charge in [-0.2, -0.15) is 0 Å². The molecule has 0 bridgehead atoms. The van der Waals surface area contributed by atoms with E-state index in [9.17, 15) is 0 Å². The van der Waals surface area contributed by atoms with Gasteiger partial charge in [0.1, 0.15) is 5.82 Å². The molecule has 0 atom stereocenters. The number of nitrogens with zero attached hydrogens (tertiary/aromatic N) is 2. The van der Waals surface area contributed by atoms with Crippen LogP contribution in [0.15, 0.2) is 170 Å². The maximum atomic E-state index is 5.76. The molecule has 1 heterocycles. The first-order chi connectivity index (χ1) is 25.2. The Bertz CT molecular complexity index is 2680. The molecule has 1 aromatic heterocycles. The van der Waals surface area contributed by atoms with Crippen molar-refractivity contribution < 1.29 is 9.47 Å². The van der Waals surface area contributed by atoms with E-state index in [1.165, 1.54) is 27.5 Å². The van der Waals surface area contributed by atoms with Crippen LogP contribution in [0, 0.1) is 0 Å². The van der Waals surface area contributed by atoms with E-state index in [0.29, 0.717) is 11.5 Å². The summed E-state index contributed by atoms with van der Waals surface area (Å²) in [6.07, 6.45) is 0. The maximum Gasteiger partial charge on any atom is 0.161 e. The van der Waals surface area contributed by atoms with Crippen molar-refractivity contribution in [2.24, 2.45) is 0 Å². The van der Waals surface area contributed by atoms with Gasteiger partial charge in [0.25, 0.3) is 0 Å². The van der Waals surface area contributed by atoms with Crippen molar-refractivity contribution in [2.45, 2.75) is 0 Å². The van der Waals surface area contributed by atoms with Gasteiger partial charge in [0.05, 0.1) is 25.3 Å². The summed E-state index contributed by atoms with van der Waals surface area (Å²) in [6.45, 7) is 0. The van der Waals surface area contributed by atoms with Crippen LogP contribution in [0.2, 0.25) is 0 Å². The summed E-state index contributed by atoms with van der Waals surface area (Å²) in [6, 6.07) is 60.1. The van der Waals surface area contributed by atoms with Crippen molar-refractivity contribution in [3.05, 3.63) is 170 Å². The molecule has 9 rings (SSSR count). The van der Waals surface area contributed by atoms with Gasteiger partial charge < -0.3 is 9.47 Å². The van der Waals surface area contributed by atoms with E-state index < -0.39 is 0 Å². The summed E-state index contributed by atoms with van der Waals surface area (Å²) in [7, 11) is 3.33. The molecular formula is C47H34N2O2. The van der Waals surface area contributed by atoms with Crippen LogP contribution < -0.4 is 9.47 Å². The van der Waals surface area contributed by atoms with Gasteiger partial charge in [-0.05, 0) is 86.6 Å². The molecule has 0 aliphatic rings. The van der Waals surface area contributed by atoms with E-state index in [1.54, 1.807) is 14.2 Å². The second-order valence-electron chi connectivity index (χ2n) is 12.7. The topological polar surface area (TPSA) is 36.3 Å². The average molecular weight is 659 g/mol. The number of para-hydroxylation sites is 1. The second kappa shape index (κ2) is 12.7. The van der Waals surface area contributed by atoms with Crippen LogP contribution in [-0.4, -0.2) is 23.8 Å². The van der Waals surface area contributed by atoms with Crippen LogP contribution in [0.1, 0.15) is 0 Å². The third-order valence-corrected chi connectivity index (χ3v) is 9.81. The molecule has 9 aromatic rings. The molecule has 0 N–H and O–H groups in total. The number of fused-ring (bicyclic) bond motifs is 6. The van der Waals surface area contributed by atoms with Crippen LogP contribution >= 0.6 is 0 Å². The third kappa shape index (κ3) is 5.29. The highest BCUT2D eigenvalue weighted by Gasteiger charge is 2.22. The van der Waals surface area contributed by atoms with E-state index >= 15 is 0 Å². The number of rotatable bonds is 7. The second-order valence-corrected chi connectivity index (χ2v) is 12.7. The van der Waals surface area contributed by atoms with Crippen molar-refractivity contribution in [1.29, 1.82) is 0 Å². The average Bonchev–Trinajstić information content (AvgIpc) is 3.63. The lowest BCUT2D eigenvalue weighted by atomic mass is 9.93. The first-order valence-corrected chi connectivity index (χ1v) is 17.1. The van der Waals surface area contributed by atoms with E-state index in [2.05, 4.69) is 162 Å². The number of hydrogen-bond acceptors (Lipinski definition) is 3. The molecule has 4 heteroatoms. The van der Waals surface area contributed by atoms with E-state index in [4.69, 9.17) is 14.5 Å². The molecule has 0 radical (unpaired) electrons. The van der Waals surface area contributed by atoms with Gasteiger partial charge in [-0.15, -0.1) is 0 Å². The maximum absolute atomic E-state index is 5.76. The van der Waals surface area contributed by atoms with Gasteiger partial charge in [0, 0.05) is 22.0 Å². The molecule has 0 saturated carbocycles. The summed E-state index contributed by atoms with van der Waals surface area (Å²) in [4.78, 5) is 5.52. The van der Waals surface area contributed by atoms with Gasteiger partial charge in [0.2, 0.25) is 0 Å². The van der Waals surface area contributed by atoms with Gasteiger partial charge in [-0.1, -0.05) is 127 Å². The first kappa shape index (κ1) is 30.4. The van der Waals surface area contributed by atoms with Crippen LogP contribution in [0.4, 0.5) is 0 Å². The quantitative estimate of drug-likeness (QED) is 0.160. The predicted molar refractivity (Wildman–Crippen MR) is 211 cm³/mol. The Morgan fingerprint density at radius 2 is 0.863 bits per heavy atom. The Morgan fingerprint density at radius 3 is 1.47 bits per heavy atom. The Kier molecular flexibility index (Phi) is 7.55. The summed E-state index contributed by atoms with van der Waals surface area (Å²) in [5.74, 6) is 2.16. The molecular weight excluding hydrogens is 625 g/mol. The standard InChI is InChI=1S/C47H34N2O2/c1-50-43-27-24-37(30-44(43)51-2)47-48-45-41-28-35(32-14-8-4-9-15-32)22-25-39(41)40-26-23-36(29-42(40)46(45)49(47)38-16-10-5-11-17-38)34-20-18-33(19-21-34)31-12-6-3-7-13-31/h3-30H,1-2H3. The first-order valence-electron chi connectivity index (χ1n) is 17.1. The van der Waals surface area contributed by atoms with E-state index in [0.717, 1.165) is 55.6 Å².